The fourth-order valence-electron chi connectivity index (χ4n) is 2.94. The van der Waals surface area contributed by atoms with Crippen LogP contribution in [0.4, 0.5) is 0 Å². The molecule has 7 heteroatoms. The first-order valence-corrected chi connectivity index (χ1v) is 8.23. The predicted octanol–water partition coefficient (Wildman–Crippen LogP) is 3.03. The van der Waals surface area contributed by atoms with Crippen LogP contribution in [0.25, 0.3) is 0 Å². The Bertz CT molecular complexity index is 948. The number of furan rings is 2. The lowest BCUT2D eigenvalue weighted by Gasteiger charge is -2.09. The maximum Gasteiger partial charge on any atom is 0.273 e. The third kappa shape index (κ3) is 3.42. The molecule has 0 fully saturated rings. The van der Waals surface area contributed by atoms with Gasteiger partial charge in [0.1, 0.15) is 17.3 Å². The molecule has 3 aromatic rings. The van der Waals surface area contributed by atoms with Crippen molar-refractivity contribution in [2.45, 2.75) is 34.2 Å². The van der Waals surface area contributed by atoms with Crippen LogP contribution < -0.4 is 10.9 Å². The van der Waals surface area contributed by atoms with E-state index in [1.807, 2.05) is 30.5 Å². The minimum absolute atomic E-state index is 0.380. The molecule has 0 spiro atoms. The second-order valence-electron chi connectivity index (χ2n) is 6.19. The molecular weight excluding hydrogens is 334 g/mol. The van der Waals surface area contributed by atoms with Gasteiger partial charge in [-0.1, -0.05) is 0 Å². The van der Waals surface area contributed by atoms with Gasteiger partial charge in [-0.3, -0.25) is 20.4 Å². The van der Waals surface area contributed by atoms with Crippen LogP contribution in [0.3, 0.4) is 0 Å². The van der Waals surface area contributed by atoms with E-state index in [1.54, 1.807) is 32.2 Å². The summed E-state index contributed by atoms with van der Waals surface area (Å²) in [6, 6.07) is 7.12. The molecular formula is C19H21N3O4. The standard InChI is InChI=1S/C19H21N3O4/c1-11-8-16(13(3)22(11)10-15-6-5-7-25-15)18(23)20-21-19(24)17-9-12(2)26-14(17)4/h5-9H,10H2,1-4H3,(H,20,23)(H,21,24). The molecule has 0 bridgehead atoms. The Kier molecular flexibility index (Phi) is 4.71. The van der Waals surface area contributed by atoms with Crippen molar-refractivity contribution in [1.82, 2.24) is 15.4 Å². The predicted molar refractivity (Wildman–Crippen MR) is 94.8 cm³/mol. The summed E-state index contributed by atoms with van der Waals surface area (Å²) in [6.07, 6.45) is 1.62. The molecule has 0 saturated heterocycles. The molecule has 0 aliphatic rings. The summed E-state index contributed by atoms with van der Waals surface area (Å²) in [6.45, 7) is 7.78. The largest absolute Gasteiger partial charge is 0.467 e. The van der Waals surface area contributed by atoms with Gasteiger partial charge in [-0.25, -0.2) is 0 Å². The van der Waals surface area contributed by atoms with Crippen LogP contribution in [-0.2, 0) is 6.54 Å². The van der Waals surface area contributed by atoms with Gasteiger partial charge < -0.3 is 13.4 Å². The molecule has 0 unspecified atom stereocenters. The molecule has 2 N–H and O–H groups in total. The first kappa shape index (κ1) is 17.6. The fraction of sp³-hybridized carbons (Fsp3) is 0.263. The van der Waals surface area contributed by atoms with Crippen LogP contribution in [0.2, 0.25) is 0 Å². The molecule has 3 rings (SSSR count). The van der Waals surface area contributed by atoms with Crippen molar-refractivity contribution in [3.05, 3.63) is 70.3 Å². The number of rotatable bonds is 4. The molecule has 2 amide bonds. The monoisotopic (exact) mass is 355 g/mol. The van der Waals surface area contributed by atoms with Crippen molar-refractivity contribution in [2.75, 3.05) is 0 Å². The van der Waals surface area contributed by atoms with Gasteiger partial charge in [-0.15, -0.1) is 0 Å². The Labute approximate surface area is 151 Å². The van der Waals surface area contributed by atoms with E-state index >= 15 is 0 Å². The zero-order chi connectivity index (χ0) is 18.8. The lowest BCUT2D eigenvalue weighted by Crippen LogP contribution is -2.41. The Hall–Kier alpha value is -3.22. The van der Waals surface area contributed by atoms with E-state index in [9.17, 15) is 9.59 Å². The highest BCUT2D eigenvalue weighted by Crippen LogP contribution is 2.17. The SMILES string of the molecule is Cc1cc(C(=O)NNC(=O)c2cc(C)n(Cc3ccco3)c2C)c(C)o1. The summed E-state index contributed by atoms with van der Waals surface area (Å²) in [5.74, 6) is 1.15. The lowest BCUT2D eigenvalue weighted by atomic mass is 10.2. The highest BCUT2D eigenvalue weighted by Gasteiger charge is 2.18. The maximum absolute atomic E-state index is 12.5. The van der Waals surface area contributed by atoms with Crippen molar-refractivity contribution >= 4 is 11.8 Å². The Morgan fingerprint density at radius 2 is 1.73 bits per heavy atom. The molecule has 0 aliphatic carbocycles. The van der Waals surface area contributed by atoms with Gasteiger partial charge in [-0.2, -0.15) is 0 Å². The number of nitrogens with one attached hydrogen (secondary N) is 2. The van der Waals surface area contributed by atoms with E-state index in [0.29, 0.717) is 29.2 Å². The van der Waals surface area contributed by atoms with Crippen molar-refractivity contribution in [2.24, 2.45) is 0 Å². The molecule has 136 valence electrons. The highest BCUT2D eigenvalue weighted by molar-refractivity contribution is 6.00. The third-order valence-electron chi connectivity index (χ3n) is 4.29. The minimum Gasteiger partial charge on any atom is -0.467 e. The van der Waals surface area contributed by atoms with E-state index in [0.717, 1.165) is 17.1 Å². The van der Waals surface area contributed by atoms with E-state index in [-0.39, 0.29) is 5.91 Å². The second kappa shape index (κ2) is 6.95. The van der Waals surface area contributed by atoms with E-state index in [2.05, 4.69) is 10.9 Å². The first-order chi connectivity index (χ1) is 12.4. The Balaban J connectivity index is 1.70. The van der Waals surface area contributed by atoms with Crippen molar-refractivity contribution in [3.8, 4) is 0 Å². The van der Waals surface area contributed by atoms with Crippen molar-refractivity contribution in [1.29, 1.82) is 0 Å². The molecule has 3 heterocycles. The van der Waals surface area contributed by atoms with Crippen LogP contribution in [0.15, 0.2) is 39.4 Å². The van der Waals surface area contributed by atoms with E-state index in [4.69, 9.17) is 8.83 Å². The smallest absolute Gasteiger partial charge is 0.273 e. The van der Waals surface area contributed by atoms with Crippen molar-refractivity contribution < 1.29 is 18.4 Å². The van der Waals surface area contributed by atoms with E-state index in [1.165, 1.54) is 0 Å². The summed E-state index contributed by atoms with van der Waals surface area (Å²) in [5, 5.41) is 0. The topological polar surface area (TPSA) is 89.4 Å². The van der Waals surface area contributed by atoms with Gasteiger partial charge in [0, 0.05) is 11.4 Å². The molecule has 26 heavy (non-hydrogen) atoms. The number of hydrogen-bond acceptors (Lipinski definition) is 4. The second-order valence-corrected chi connectivity index (χ2v) is 6.19. The fourth-order valence-corrected chi connectivity index (χ4v) is 2.94. The Morgan fingerprint density at radius 1 is 1.04 bits per heavy atom. The first-order valence-electron chi connectivity index (χ1n) is 8.23. The molecule has 0 aliphatic heterocycles. The summed E-state index contributed by atoms with van der Waals surface area (Å²) in [5.41, 5.74) is 7.49. The van der Waals surface area contributed by atoms with Crippen LogP contribution in [0, 0.1) is 27.7 Å². The number of aryl methyl sites for hydroxylation is 3. The molecule has 0 aromatic carbocycles. The average molecular weight is 355 g/mol. The van der Waals surface area contributed by atoms with Crippen LogP contribution in [0.5, 0.6) is 0 Å². The van der Waals surface area contributed by atoms with Gasteiger partial charge in [0.15, 0.2) is 0 Å². The van der Waals surface area contributed by atoms with Gasteiger partial charge >= 0.3 is 0 Å². The summed E-state index contributed by atoms with van der Waals surface area (Å²) in [7, 11) is 0. The summed E-state index contributed by atoms with van der Waals surface area (Å²) >= 11 is 0. The molecule has 3 aromatic heterocycles. The van der Waals surface area contributed by atoms with Crippen LogP contribution in [0.1, 0.15) is 49.4 Å². The quantitative estimate of drug-likeness (QED) is 0.704. The minimum atomic E-state index is -0.419. The van der Waals surface area contributed by atoms with Gasteiger partial charge in [-0.05, 0) is 52.0 Å². The number of hydrogen-bond donors (Lipinski definition) is 2. The third-order valence-corrected chi connectivity index (χ3v) is 4.29. The lowest BCUT2D eigenvalue weighted by molar-refractivity contribution is 0.0845. The number of carbonyl (C=O) groups excluding carboxylic acids is 2. The maximum atomic E-state index is 12.5. The van der Waals surface area contributed by atoms with Crippen LogP contribution in [-0.4, -0.2) is 16.4 Å². The molecule has 0 radical (unpaired) electrons. The summed E-state index contributed by atoms with van der Waals surface area (Å²) < 4.78 is 12.7. The van der Waals surface area contributed by atoms with Gasteiger partial charge in [0.05, 0.1) is 23.9 Å². The van der Waals surface area contributed by atoms with E-state index < -0.39 is 5.91 Å². The van der Waals surface area contributed by atoms with Gasteiger partial charge in [0.25, 0.3) is 11.8 Å². The number of aromatic nitrogens is 1. The number of carbonyl (C=O) groups is 2. The molecule has 0 atom stereocenters. The average Bonchev–Trinajstić information content (AvgIpc) is 3.29. The number of nitrogens with zero attached hydrogens (tertiary/aromatic N) is 1. The normalized spacial score (nSPS) is 10.8. The summed E-state index contributed by atoms with van der Waals surface area (Å²) in [4.78, 5) is 24.7. The van der Waals surface area contributed by atoms with Gasteiger partial charge in [0.2, 0.25) is 0 Å². The highest BCUT2D eigenvalue weighted by atomic mass is 16.3. The molecule has 0 saturated carbocycles. The zero-order valence-electron chi connectivity index (χ0n) is 15.2. The Morgan fingerprint density at radius 3 is 2.31 bits per heavy atom. The number of hydrazine groups is 1. The van der Waals surface area contributed by atoms with Crippen LogP contribution >= 0.6 is 0 Å². The molecule has 7 nitrogen and oxygen atoms in total. The van der Waals surface area contributed by atoms with Crippen molar-refractivity contribution in [3.63, 3.8) is 0 Å². The zero-order valence-corrected chi connectivity index (χ0v) is 15.2. The number of amides is 2.